The zero-order valence-corrected chi connectivity index (χ0v) is 9.44. The van der Waals surface area contributed by atoms with Gasteiger partial charge in [0.15, 0.2) is 10.9 Å². The molecule has 0 spiro atoms. The summed E-state index contributed by atoms with van der Waals surface area (Å²) >= 11 is 0. The third-order valence-electron chi connectivity index (χ3n) is 3.59. The summed E-state index contributed by atoms with van der Waals surface area (Å²) in [6.45, 7) is 0. The second-order valence-electron chi connectivity index (χ2n) is 4.55. The van der Waals surface area contributed by atoms with Crippen LogP contribution >= 0.6 is 0 Å². The van der Waals surface area contributed by atoms with Crippen molar-refractivity contribution in [2.75, 3.05) is 0 Å². The maximum Gasteiger partial charge on any atom is 0.187 e. The van der Waals surface area contributed by atoms with Crippen LogP contribution in [0.4, 0.5) is 0 Å². The van der Waals surface area contributed by atoms with E-state index in [0.717, 1.165) is 32.3 Å². The van der Waals surface area contributed by atoms with E-state index in [4.69, 9.17) is 0 Å². The van der Waals surface area contributed by atoms with Crippen molar-refractivity contribution >= 4 is 32.3 Å². The van der Waals surface area contributed by atoms with Gasteiger partial charge in [0.2, 0.25) is 0 Å². The lowest BCUT2D eigenvalue weighted by Crippen LogP contribution is -1.95. The van der Waals surface area contributed by atoms with Gasteiger partial charge in [-0.2, -0.15) is 0 Å². The van der Waals surface area contributed by atoms with E-state index in [0.29, 0.717) is 0 Å². The maximum absolute atomic E-state index is 11.9. The first-order chi connectivity index (χ1) is 8.75. The predicted octanol–water partition coefficient (Wildman–Crippen LogP) is 2.74. The Morgan fingerprint density at radius 1 is 0.500 bits per heavy atom. The zero-order valence-electron chi connectivity index (χ0n) is 9.44. The van der Waals surface area contributed by atoms with Gasteiger partial charge in [0, 0.05) is 10.8 Å². The van der Waals surface area contributed by atoms with Crippen molar-refractivity contribution in [1.82, 2.24) is 0 Å². The topological polar surface area (TPSA) is 34.1 Å². The molecule has 4 aromatic carbocycles. The molecule has 0 atom stereocenters. The molecule has 0 aliphatic rings. The second kappa shape index (κ2) is 3.05. The maximum atomic E-state index is 11.9. The Balaban J connectivity index is 2.45. The fourth-order valence-electron chi connectivity index (χ4n) is 2.76. The fraction of sp³-hybridized carbons (Fsp3) is 0. The molecule has 0 heterocycles. The number of fused-ring (bicyclic) bond motifs is 5. The standard InChI is InChI=1S/C16H8O2/c17-13-7-3-9-1-5-11-12(15(9)13)6-2-10-4-8-14(18)16(10)11/h1-8H. The van der Waals surface area contributed by atoms with E-state index in [1.165, 1.54) is 0 Å². The van der Waals surface area contributed by atoms with Crippen LogP contribution in [0.1, 0.15) is 0 Å². The highest BCUT2D eigenvalue weighted by Gasteiger charge is 2.09. The van der Waals surface area contributed by atoms with Crippen LogP contribution in [0.2, 0.25) is 0 Å². The highest BCUT2D eigenvalue weighted by Crippen LogP contribution is 2.28. The zero-order chi connectivity index (χ0) is 12.3. The van der Waals surface area contributed by atoms with Gasteiger partial charge in [0.05, 0.1) is 0 Å². The monoisotopic (exact) mass is 232 g/mol. The van der Waals surface area contributed by atoms with E-state index in [9.17, 15) is 9.59 Å². The van der Waals surface area contributed by atoms with Crippen molar-refractivity contribution in [3.8, 4) is 0 Å². The molecule has 0 amide bonds. The van der Waals surface area contributed by atoms with E-state index in [1.807, 2.05) is 36.4 Å². The molecule has 84 valence electrons. The predicted molar refractivity (Wildman–Crippen MR) is 73.9 cm³/mol. The Bertz CT molecular complexity index is 919. The minimum atomic E-state index is 0.0222. The van der Waals surface area contributed by atoms with Crippen molar-refractivity contribution in [3.63, 3.8) is 0 Å². The summed E-state index contributed by atoms with van der Waals surface area (Å²) in [6, 6.07) is 14.5. The lowest BCUT2D eigenvalue weighted by Gasteiger charge is -2.01. The molecule has 4 rings (SSSR count). The molecule has 0 aromatic heterocycles. The molecule has 0 saturated carbocycles. The normalized spacial score (nSPS) is 11.8. The number of hydrogen-bond donors (Lipinski definition) is 0. The van der Waals surface area contributed by atoms with Crippen LogP contribution in [0.25, 0.3) is 32.3 Å². The molecular formula is C16H8O2. The molecule has 0 N–H and O–H groups in total. The SMILES string of the molecule is O=c1ccc2ccc3c(ccc4ccc(=O)c43)c12. The highest BCUT2D eigenvalue weighted by molar-refractivity contribution is 6.17. The largest absolute Gasteiger partial charge is 0.289 e. The van der Waals surface area contributed by atoms with Gasteiger partial charge in [-0.1, -0.05) is 36.4 Å². The molecule has 0 aliphatic carbocycles. The van der Waals surface area contributed by atoms with Crippen LogP contribution < -0.4 is 10.9 Å². The molecule has 0 aliphatic heterocycles. The first kappa shape index (κ1) is 9.54. The van der Waals surface area contributed by atoms with Crippen molar-refractivity contribution in [2.24, 2.45) is 0 Å². The fourth-order valence-corrected chi connectivity index (χ4v) is 2.76. The number of benzene rings is 2. The van der Waals surface area contributed by atoms with Crippen molar-refractivity contribution in [3.05, 3.63) is 69.0 Å². The molecule has 2 nitrogen and oxygen atoms in total. The van der Waals surface area contributed by atoms with Crippen LogP contribution in [0.3, 0.4) is 0 Å². The Labute approximate surface area is 102 Å². The third kappa shape index (κ3) is 1.02. The first-order valence-corrected chi connectivity index (χ1v) is 5.80. The minimum Gasteiger partial charge on any atom is -0.289 e. The summed E-state index contributed by atoms with van der Waals surface area (Å²) in [5.74, 6) is 0. The summed E-state index contributed by atoms with van der Waals surface area (Å²) in [5, 5.41) is 5.05. The van der Waals surface area contributed by atoms with Crippen molar-refractivity contribution in [2.45, 2.75) is 0 Å². The van der Waals surface area contributed by atoms with Crippen molar-refractivity contribution in [1.29, 1.82) is 0 Å². The lowest BCUT2D eigenvalue weighted by molar-refractivity contribution is 1.80. The van der Waals surface area contributed by atoms with E-state index in [-0.39, 0.29) is 10.9 Å². The summed E-state index contributed by atoms with van der Waals surface area (Å²) in [6.07, 6.45) is 0. The van der Waals surface area contributed by atoms with Crippen LogP contribution in [0.15, 0.2) is 58.1 Å². The van der Waals surface area contributed by atoms with Gasteiger partial charge in [-0.25, -0.2) is 0 Å². The molecule has 0 bridgehead atoms. The van der Waals surface area contributed by atoms with Crippen LogP contribution in [0.5, 0.6) is 0 Å². The average molecular weight is 232 g/mol. The molecule has 0 saturated heterocycles. The quantitative estimate of drug-likeness (QED) is 0.467. The molecule has 0 unspecified atom stereocenters. The summed E-state index contributed by atoms with van der Waals surface area (Å²) < 4.78 is 0. The van der Waals surface area contributed by atoms with Crippen LogP contribution in [0, 0.1) is 0 Å². The van der Waals surface area contributed by atoms with Crippen molar-refractivity contribution < 1.29 is 0 Å². The Morgan fingerprint density at radius 2 is 0.889 bits per heavy atom. The van der Waals surface area contributed by atoms with Gasteiger partial charge in [-0.05, 0) is 33.7 Å². The van der Waals surface area contributed by atoms with Crippen LogP contribution in [-0.2, 0) is 0 Å². The average Bonchev–Trinajstić information content (AvgIpc) is 2.94. The Kier molecular flexibility index (Phi) is 1.61. The van der Waals surface area contributed by atoms with Gasteiger partial charge < -0.3 is 0 Å². The van der Waals surface area contributed by atoms with E-state index in [2.05, 4.69) is 0 Å². The molecule has 0 fully saturated rings. The number of hydrogen-bond acceptors (Lipinski definition) is 2. The smallest absolute Gasteiger partial charge is 0.187 e. The summed E-state index contributed by atoms with van der Waals surface area (Å²) in [7, 11) is 0. The minimum absolute atomic E-state index is 0.0222. The Morgan fingerprint density at radius 3 is 1.33 bits per heavy atom. The third-order valence-corrected chi connectivity index (χ3v) is 3.59. The van der Waals surface area contributed by atoms with Gasteiger partial charge >= 0.3 is 0 Å². The van der Waals surface area contributed by atoms with E-state index < -0.39 is 0 Å². The van der Waals surface area contributed by atoms with E-state index >= 15 is 0 Å². The summed E-state index contributed by atoms with van der Waals surface area (Å²) in [5.41, 5.74) is 0.0444. The second-order valence-corrected chi connectivity index (χ2v) is 4.55. The Hall–Kier alpha value is -2.48. The lowest BCUT2D eigenvalue weighted by atomic mass is 10.0. The van der Waals surface area contributed by atoms with Gasteiger partial charge in [0.25, 0.3) is 0 Å². The van der Waals surface area contributed by atoms with Gasteiger partial charge in [-0.3, -0.25) is 9.59 Å². The molecule has 18 heavy (non-hydrogen) atoms. The van der Waals surface area contributed by atoms with Gasteiger partial charge in [0.1, 0.15) is 0 Å². The number of rotatable bonds is 0. The molecule has 0 radical (unpaired) electrons. The molecular weight excluding hydrogens is 224 g/mol. The molecule has 2 heteroatoms. The summed E-state index contributed by atoms with van der Waals surface area (Å²) in [4.78, 5) is 23.7. The first-order valence-electron chi connectivity index (χ1n) is 5.80. The highest BCUT2D eigenvalue weighted by atomic mass is 16.1. The van der Waals surface area contributed by atoms with E-state index in [1.54, 1.807) is 12.1 Å². The van der Waals surface area contributed by atoms with Gasteiger partial charge in [-0.15, -0.1) is 0 Å². The van der Waals surface area contributed by atoms with Crippen LogP contribution in [-0.4, -0.2) is 0 Å². The molecule has 4 aromatic rings.